The van der Waals surface area contributed by atoms with Gasteiger partial charge in [-0.05, 0) is 55.7 Å². The summed E-state index contributed by atoms with van der Waals surface area (Å²) in [7, 11) is 0. The van der Waals surface area contributed by atoms with Crippen LogP contribution in [-0.2, 0) is 17.9 Å². The molecule has 156 valence electrons. The molecule has 3 N–H and O–H groups in total. The van der Waals surface area contributed by atoms with Gasteiger partial charge in [-0.25, -0.2) is 4.79 Å². The summed E-state index contributed by atoms with van der Waals surface area (Å²) >= 11 is 0. The molecule has 0 saturated carbocycles. The molecular weight excluding hydrogens is 376 g/mol. The molecule has 3 rings (SSSR count). The third kappa shape index (κ3) is 6.27. The Balaban J connectivity index is 1.65. The normalized spacial score (nSPS) is 11.0. The summed E-state index contributed by atoms with van der Waals surface area (Å²) in [6.45, 7) is 6.35. The van der Waals surface area contributed by atoms with Crippen LogP contribution >= 0.6 is 0 Å². The Morgan fingerprint density at radius 3 is 2.40 bits per heavy atom. The largest absolute Gasteiger partial charge is 0.489 e. The lowest BCUT2D eigenvalue weighted by atomic mass is 10.0. The molecule has 5 nitrogen and oxygen atoms in total. The SMILES string of the molecule is CC(C)(C)OC(=O)NCc1ccc(-c2cccc(OCc3ccccc3)c2)c(N)c1. The van der Waals surface area contributed by atoms with Gasteiger partial charge in [-0.1, -0.05) is 54.6 Å². The first-order valence-electron chi connectivity index (χ1n) is 9.92. The lowest BCUT2D eigenvalue weighted by Crippen LogP contribution is -2.32. The fraction of sp³-hybridized carbons (Fsp3) is 0.240. The number of hydrogen-bond acceptors (Lipinski definition) is 4. The molecule has 0 heterocycles. The van der Waals surface area contributed by atoms with E-state index in [0.29, 0.717) is 18.8 Å². The van der Waals surface area contributed by atoms with Crippen molar-refractivity contribution in [2.75, 3.05) is 5.73 Å². The molecule has 0 aliphatic heterocycles. The number of rotatable bonds is 6. The predicted octanol–water partition coefficient (Wildman–Crippen LogP) is 5.54. The van der Waals surface area contributed by atoms with Crippen LogP contribution in [-0.4, -0.2) is 11.7 Å². The number of alkyl carbamates (subject to hydrolysis) is 1. The van der Waals surface area contributed by atoms with E-state index in [-0.39, 0.29) is 0 Å². The van der Waals surface area contributed by atoms with E-state index in [2.05, 4.69) is 5.32 Å². The van der Waals surface area contributed by atoms with Gasteiger partial charge in [0.25, 0.3) is 0 Å². The van der Waals surface area contributed by atoms with Gasteiger partial charge >= 0.3 is 6.09 Å². The Labute approximate surface area is 177 Å². The molecule has 0 atom stereocenters. The van der Waals surface area contributed by atoms with Crippen LogP contribution in [0.1, 0.15) is 31.9 Å². The molecule has 0 radical (unpaired) electrons. The van der Waals surface area contributed by atoms with E-state index in [0.717, 1.165) is 28.0 Å². The predicted molar refractivity (Wildman–Crippen MR) is 120 cm³/mol. The van der Waals surface area contributed by atoms with Gasteiger partial charge in [-0.15, -0.1) is 0 Å². The van der Waals surface area contributed by atoms with E-state index < -0.39 is 11.7 Å². The average molecular weight is 405 g/mol. The summed E-state index contributed by atoms with van der Waals surface area (Å²) in [5.74, 6) is 0.784. The molecular formula is C25H28N2O3. The fourth-order valence-corrected chi connectivity index (χ4v) is 2.97. The maximum Gasteiger partial charge on any atom is 0.407 e. The number of carbonyl (C=O) groups is 1. The smallest absolute Gasteiger partial charge is 0.407 e. The third-order valence-electron chi connectivity index (χ3n) is 4.35. The summed E-state index contributed by atoms with van der Waals surface area (Å²) < 4.78 is 11.2. The van der Waals surface area contributed by atoms with Gasteiger partial charge in [0.1, 0.15) is 18.0 Å². The summed E-state index contributed by atoms with van der Waals surface area (Å²) in [5, 5.41) is 2.75. The molecule has 0 aromatic heterocycles. The van der Waals surface area contributed by atoms with Gasteiger partial charge in [0.2, 0.25) is 0 Å². The highest BCUT2D eigenvalue weighted by molar-refractivity contribution is 5.77. The first-order valence-corrected chi connectivity index (χ1v) is 9.92. The summed E-state index contributed by atoms with van der Waals surface area (Å²) in [4.78, 5) is 11.8. The molecule has 0 aliphatic carbocycles. The Bertz CT molecular complexity index is 995. The third-order valence-corrected chi connectivity index (χ3v) is 4.35. The van der Waals surface area contributed by atoms with Crippen molar-refractivity contribution in [3.8, 4) is 16.9 Å². The number of nitrogens with two attached hydrogens (primary N) is 1. The van der Waals surface area contributed by atoms with Gasteiger partial charge in [0.05, 0.1) is 0 Å². The molecule has 0 saturated heterocycles. The Morgan fingerprint density at radius 2 is 1.70 bits per heavy atom. The van der Waals surface area contributed by atoms with E-state index in [4.69, 9.17) is 15.2 Å². The number of nitrogen functional groups attached to an aromatic ring is 1. The number of ether oxygens (including phenoxy) is 2. The van der Waals surface area contributed by atoms with Gasteiger partial charge in [-0.2, -0.15) is 0 Å². The Hall–Kier alpha value is -3.47. The van der Waals surface area contributed by atoms with E-state index in [9.17, 15) is 4.79 Å². The van der Waals surface area contributed by atoms with Crippen molar-refractivity contribution in [3.05, 3.63) is 83.9 Å². The molecule has 1 amide bonds. The number of hydrogen-bond donors (Lipinski definition) is 2. The van der Waals surface area contributed by atoms with Crippen molar-refractivity contribution in [2.24, 2.45) is 0 Å². The van der Waals surface area contributed by atoms with Gasteiger partial charge in [0, 0.05) is 17.8 Å². The van der Waals surface area contributed by atoms with Crippen LogP contribution in [0.25, 0.3) is 11.1 Å². The molecule has 0 spiro atoms. The number of nitrogens with one attached hydrogen (secondary N) is 1. The molecule has 0 fully saturated rings. The highest BCUT2D eigenvalue weighted by atomic mass is 16.6. The molecule has 0 unspecified atom stereocenters. The van der Waals surface area contributed by atoms with E-state index in [1.807, 2.05) is 93.6 Å². The van der Waals surface area contributed by atoms with Crippen LogP contribution in [0, 0.1) is 0 Å². The maximum atomic E-state index is 11.8. The zero-order valence-electron chi connectivity index (χ0n) is 17.6. The molecule has 3 aromatic rings. The van der Waals surface area contributed by atoms with Crippen LogP contribution in [0.2, 0.25) is 0 Å². The van der Waals surface area contributed by atoms with E-state index in [1.54, 1.807) is 0 Å². The molecule has 0 bridgehead atoms. The highest BCUT2D eigenvalue weighted by Gasteiger charge is 2.15. The van der Waals surface area contributed by atoms with Gasteiger partial charge in [-0.3, -0.25) is 0 Å². The molecule has 3 aromatic carbocycles. The van der Waals surface area contributed by atoms with Crippen LogP contribution < -0.4 is 15.8 Å². The zero-order chi connectivity index (χ0) is 21.6. The first-order chi connectivity index (χ1) is 14.3. The van der Waals surface area contributed by atoms with Crippen molar-refractivity contribution in [2.45, 2.75) is 39.5 Å². The molecule has 30 heavy (non-hydrogen) atoms. The second kappa shape index (κ2) is 9.35. The number of carbonyl (C=O) groups excluding carboxylic acids is 1. The Morgan fingerprint density at radius 1 is 0.933 bits per heavy atom. The monoisotopic (exact) mass is 404 g/mol. The van der Waals surface area contributed by atoms with E-state index >= 15 is 0 Å². The fourth-order valence-electron chi connectivity index (χ4n) is 2.97. The maximum absolute atomic E-state index is 11.8. The van der Waals surface area contributed by atoms with Crippen molar-refractivity contribution in [1.29, 1.82) is 0 Å². The Kier molecular flexibility index (Phi) is 6.62. The minimum Gasteiger partial charge on any atom is -0.489 e. The van der Waals surface area contributed by atoms with Crippen molar-refractivity contribution >= 4 is 11.8 Å². The number of anilines is 1. The minimum atomic E-state index is -0.527. The van der Waals surface area contributed by atoms with Crippen LogP contribution in [0.4, 0.5) is 10.5 Å². The number of benzene rings is 3. The standard InChI is InChI=1S/C25H28N2O3/c1-25(2,3)30-24(28)27-16-19-12-13-22(23(26)14-19)20-10-7-11-21(15-20)29-17-18-8-5-4-6-9-18/h4-15H,16-17,26H2,1-3H3,(H,27,28). The first kappa shape index (κ1) is 21.2. The second-order valence-electron chi connectivity index (χ2n) is 8.08. The average Bonchev–Trinajstić information content (AvgIpc) is 2.70. The summed E-state index contributed by atoms with van der Waals surface area (Å²) in [5.41, 5.74) is 10.3. The molecule has 0 aliphatic rings. The van der Waals surface area contributed by atoms with Crippen LogP contribution in [0.3, 0.4) is 0 Å². The lowest BCUT2D eigenvalue weighted by molar-refractivity contribution is 0.0523. The van der Waals surface area contributed by atoms with Crippen molar-refractivity contribution in [3.63, 3.8) is 0 Å². The highest BCUT2D eigenvalue weighted by Crippen LogP contribution is 2.29. The molecule has 5 heteroatoms. The zero-order valence-corrected chi connectivity index (χ0v) is 17.6. The lowest BCUT2D eigenvalue weighted by Gasteiger charge is -2.19. The van der Waals surface area contributed by atoms with Gasteiger partial charge < -0.3 is 20.5 Å². The van der Waals surface area contributed by atoms with Crippen molar-refractivity contribution in [1.82, 2.24) is 5.32 Å². The number of amides is 1. The minimum absolute atomic E-state index is 0.347. The van der Waals surface area contributed by atoms with Crippen molar-refractivity contribution < 1.29 is 14.3 Å². The van der Waals surface area contributed by atoms with Crippen LogP contribution in [0.15, 0.2) is 72.8 Å². The topological polar surface area (TPSA) is 73.6 Å². The quantitative estimate of drug-likeness (QED) is 0.529. The van der Waals surface area contributed by atoms with Gasteiger partial charge in [0.15, 0.2) is 0 Å². The van der Waals surface area contributed by atoms with E-state index in [1.165, 1.54) is 0 Å². The second-order valence-corrected chi connectivity index (χ2v) is 8.08. The van der Waals surface area contributed by atoms with Crippen LogP contribution in [0.5, 0.6) is 5.75 Å². The summed E-state index contributed by atoms with van der Waals surface area (Å²) in [6, 6.07) is 23.7. The summed E-state index contributed by atoms with van der Waals surface area (Å²) in [6.07, 6.45) is -0.451.